The van der Waals surface area contributed by atoms with Gasteiger partial charge in [0.1, 0.15) is 5.75 Å². The summed E-state index contributed by atoms with van der Waals surface area (Å²) in [6.07, 6.45) is 1.58. The molecule has 0 bridgehead atoms. The summed E-state index contributed by atoms with van der Waals surface area (Å²) in [6.45, 7) is 4.62. The molecule has 2 heterocycles. The number of aromatic nitrogens is 2. The van der Waals surface area contributed by atoms with Crippen molar-refractivity contribution in [1.29, 1.82) is 0 Å². The van der Waals surface area contributed by atoms with E-state index in [9.17, 15) is 9.59 Å². The third kappa shape index (κ3) is 3.46. The molecule has 6 nitrogen and oxygen atoms in total. The number of amides is 1. The number of anilines is 1. The van der Waals surface area contributed by atoms with Crippen LogP contribution in [-0.4, -0.2) is 27.8 Å². The lowest BCUT2D eigenvalue weighted by Gasteiger charge is -2.24. The van der Waals surface area contributed by atoms with Crippen molar-refractivity contribution in [3.05, 3.63) is 46.4 Å². The largest absolute Gasteiger partial charge is 0.494 e. The highest BCUT2D eigenvalue weighted by Crippen LogP contribution is 2.26. The molecule has 0 spiro atoms. The van der Waals surface area contributed by atoms with Gasteiger partial charge < -0.3 is 10.1 Å². The maximum absolute atomic E-state index is 12.5. The normalized spacial score (nSPS) is 16.3. The molecule has 0 aliphatic carbocycles. The molecule has 0 fully saturated rings. The third-order valence-corrected chi connectivity index (χ3v) is 4.96. The number of nitrogens with one attached hydrogen (secondary N) is 1. The van der Waals surface area contributed by atoms with Gasteiger partial charge in [-0.15, -0.1) is 0 Å². The summed E-state index contributed by atoms with van der Waals surface area (Å²) in [4.78, 5) is 29.0. The Kier molecular flexibility index (Phi) is 4.89. The number of ether oxygens (including phenoxy) is 1. The molecule has 1 atom stereocenters. The molecule has 2 aromatic rings. The van der Waals surface area contributed by atoms with E-state index >= 15 is 0 Å². The first-order chi connectivity index (χ1) is 11.6. The van der Waals surface area contributed by atoms with E-state index in [4.69, 9.17) is 4.74 Å². The number of nitrogens with zero attached hydrogens (tertiary/aromatic N) is 2. The van der Waals surface area contributed by atoms with Crippen LogP contribution in [0.4, 0.5) is 5.69 Å². The van der Waals surface area contributed by atoms with Crippen molar-refractivity contribution in [3.8, 4) is 5.75 Å². The smallest absolute Gasteiger partial charge is 0.257 e. The summed E-state index contributed by atoms with van der Waals surface area (Å²) in [5.41, 5.74) is 1.23. The summed E-state index contributed by atoms with van der Waals surface area (Å²) >= 11 is 1.44. The lowest BCUT2D eigenvalue weighted by atomic mass is 10.1. The molecule has 1 aliphatic heterocycles. The Bertz CT molecular complexity index is 802. The lowest BCUT2D eigenvalue weighted by Crippen LogP contribution is -2.37. The molecule has 1 amide bonds. The van der Waals surface area contributed by atoms with Crippen LogP contribution in [-0.2, 0) is 11.3 Å². The molecule has 1 N–H and O–H groups in total. The second kappa shape index (κ2) is 7.09. The zero-order valence-electron chi connectivity index (χ0n) is 13.6. The first-order valence-corrected chi connectivity index (χ1v) is 8.80. The fourth-order valence-electron chi connectivity index (χ4n) is 2.51. The first-order valence-electron chi connectivity index (χ1n) is 7.81. The predicted octanol–water partition coefficient (Wildman–Crippen LogP) is 2.31. The van der Waals surface area contributed by atoms with E-state index in [1.807, 2.05) is 31.2 Å². The van der Waals surface area contributed by atoms with Gasteiger partial charge in [0.05, 0.1) is 12.5 Å². The first kappa shape index (κ1) is 16.6. The van der Waals surface area contributed by atoms with Gasteiger partial charge in [-0.2, -0.15) is 0 Å². The van der Waals surface area contributed by atoms with E-state index in [0.29, 0.717) is 35.3 Å². The van der Waals surface area contributed by atoms with Crippen LogP contribution in [0.25, 0.3) is 0 Å². The molecular weight excluding hydrogens is 326 g/mol. The number of fused-ring (bicyclic) bond motifs is 1. The third-order valence-electron chi connectivity index (χ3n) is 3.80. The van der Waals surface area contributed by atoms with Crippen molar-refractivity contribution in [2.75, 3.05) is 17.7 Å². The van der Waals surface area contributed by atoms with E-state index in [2.05, 4.69) is 10.3 Å². The molecular formula is C17H19N3O3S. The summed E-state index contributed by atoms with van der Waals surface area (Å²) in [5.74, 6) is 1.02. The van der Waals surface area contributed by atoms with E-state index in [1.54, 1.807) is 17.7 Å². The molecule has 126 valence electrons. The fourth-order valence-corrected chi connectivity index (χ4v) is 3.55. The van der Waals surface area contributed by atoms with Crippen LogP contribution in [0.15, 0.2) is 40.4 Å². The average molecular weight is 345 g/mol. The molecule has 0 saturated heterocycles. The monoisotopic (exact) mass is 345 g/mol. The van der Waals surface area contributed by atoms with Crippen molar-refractivity contribution in [2.24, 2.45) is 5.92 Å². The quantitative estimate of drug-likeness (QED) is 0.861. The van der Waals surface area contributed by atoms with Gasteiger partial charge in [-0.3, -0.25) is 14.2 Å². The predicted molar refractivity (Wildman–Crippen MR) is 93.7 cm³/mol. The minimum atomic E-state index is -0.268. The van der Waals surface area contributed by atoms with Crippen LogP contribution >= 0.6 is 11.8 Å². The standard InChI is InChI=1S/C17H19N3O3S/c1-3-23-14-6-4-13(5-7-14)19-15(21)12-9-20-16(22)11(2)8-18-17(20)24-10-12/h4-8,12H,3,9-10H2,1-2H3,(H,19,21). The Morgan fingerprint density at radius 3 is 2.88 bits per heavy atom. The van der Waals surface area contributed by atoms with Crippen molar-refractivity contribution < 1.29 is 9.53 Å². The summed E-state index contributed by atoms with van der Waals surface area (Å²) < 4.78 is 6.97. The topological polar surface area (TPSA) is 73.2 Å². The van der Waals surface area contributed by atoms with Gasteiger partial charge in [0.15, 0.2) is 5.16 Å². The molecule has 1 unspecified atom stereocenters. The van der Waals surface area contributed by atoms with E-state index in [0.717, 1.165) is 5.75 Å². The van der Waals surface area contributed by atoms with Crippen molar-refractivity contribution in [2.45, 2.75) is 25.5 Å². The second-order valence-corrected chi connectivity index (χ2v) is 6.58. The van der Waals surface area contributed by atoms with Crippen LogP contribution in [0.1, 0.15) is 12.5 Å². The number of hydrogen-bond donors (Lipinski definition) is 1. The molecule has 1 aliphatic rings. The van der Waals surface area contributed by atoms with Gasteiger partial charge in [-0.05, 0) is 38.1 Å². The van der Waals surface area contributed by atoms with Crippen molar-refractivity contribution in [1.82, 2.24) is 9.55 Å². The summed E-state index contributed by atoms with van der Waals surface area (Å²) in [5, 5.41) is 3.58. The van der Waals surface area contributed by atoms with E-state index in [1.165, 1.54) is 11.8 Å². The summed E-state index contributed by atoms with van der Waals surface area (Å²) in [7, 11) is 0. The fraction of sp³-hybridized carbons (Fsp3) is 0.353. The molecule has 24 heavy (non-hydrogen) atoms. The van der Waals surface area contributed by atoms with Gasteiger partial charge in [0.25, 0.3) is 5.56 Å². The minimum Gasteiger partial charge on any atom is -0.494 e. The molecule has 0 radical (unpaired) electrons. The minimum absolute atomic E-state index is 0.0777. The Morgan fingerprint density at radius 1 is 1.42 bits per heavy atom. The number of aryl methyl sites for hydroxylation is 1. The highest BCUT2D eigenvalue weighted by Gasteiger charge is 2.27. The highest BCUT2D eigenvalue weighted by molar-refractivity contribution is 7.99. The van der Waals surface area contributed by atoms with Gasteiger partial charge in [-0.1, -0.05) is 11.8 Å². The van der Waals surface area contributed by atoms with Crippen molar-refractivity contribution in [3.63, 3.8) is 0 Å². The number of hydrogen-bond acceptors (Lipinski definition) is 5. The van der Waals surface area contributed by atoms with Crippen LogP contribution < -0.4 is 15.6 Å². The van der Waals surface area contributed by atoms with Crippen LogP contribution in [0, 0.1) is 12.8 Å². The molecule has 0 saturated carbocycles. The van der Waals surface area contributed by atoms with Crippen LogP contribution in [0.5, 0.6) is 5.75 Å². The number of carbonyl (C=O) groups is 1. The van der Waals surface area contributed by atoms with Gasteiger partial charge in [-0.25, -0.2) is 4.98 Å². The van der Waals surface area contributed by atoms with E-state index < -0.39 is 0 Å². The summed E-state index contributed by atoms with van der Waals surface area (Å²) in [6, 6.07) is 7.26. The SMILES string of the molecule is CCOc1ccc(NC(=O)C2CSc3ncc(C)c(=O)n3C2)cc1. The number of thioether (sulfide) groups is 1. The van der Waals surface area contributed by atoms with Gasteiger partial charge in [0.2, 0.25) is 5.91 Å². The lowest BCUT2D eigenvalue weighted by molar-refractivity contribution is -0.119. The maximum Gasteiger partial charge on any atom is 0.257 e. The zero-order chi connectivity index (χ0) is 17.1. The van der Waals surface area contributed by atoms with E-state index in [-0.39, 0.29) is 17.4 Å². The Morgan fingerprint density at radius 2 is 2.17 bits per heavy atom. The molecule has 3 rings (SSSR count). The second-order valence-electron chi connectivity index (χ2n) is 5.59. The van der Waals surface area contributed by atoms with Gasteiger partial charge >= 0.3 is 0 Å². The Labute approximate surface area is 144 Å². The molecule has 7 heteroatoms. The Balaban J connectivity index is 1.70. The van der Waals surface area contributed by atoms with Crippen molar-refractivity contribution >= 4 is 23.4 Å². The average Bonchev–Trinajstić information content (AvgIpc) is 2.60. The molecule has 1 aromatic carbocycles. The number of rotatable bonds is 4. The highest BCUT2D eigenvalue weighted by atomic mass is 32.2. The maximum atomic E-state index is 12.5. The zero-order valence-corrected chi connectivity index (χ0v) is 14.4. The Hall–Kier alpha value is -2.28. The number of benzene rings is 1. The molecule has 1 aromatic heterocycles. The van der Waals surface area contributed by atoms with Crippen LogP contribution in [0.3, 0.4) is 0 Å². The van der Waals surface area contributed by atoms with Gasteiger partial charge in [0, 0.05) is 29.7 Å². The number of carbonyl (C=O) groups excluding carboxylic acids is 1. The van der Waals surface area contributed by atoms with Crippen LogP contribution in [0.2, 0.25) is 0 Å².